The molecule has 0 aromatic rings. The Labute approximate surface area is 44.3 Å². The van der Waals surface area contributed by atoms with Gasteiger partial charge in [0.05, 0.1) is 0 Å². The van der Waals surface area contributed by atoms with Crippen LogP contribution in [0.3, 0.4) is 0 Å². The number of ether oxygens (including phenoxy) is 1. The molecule has 0 saturated carbocycles. The molecular weight excluding hydrogens is 146 g/mol. The van der Waals surface area contributed by atoms with Gasteiger partial charge in [-0.05, 0) is 0 Å². The van der Waals surface area contributed by atoms with Gasteiger partial charge >= 0.3 is 0 Å². The van der Waals surface area contributed by atoms with Gasteiger partial charge in [0, 0.05) is 6.21 Å². The van der Waals surface area contributed by atoms with Crippen molar-refractivity contribution in [1.29, 1.82) is 0 Å². The van der Waals surface area contributed by atoms with Crippen LogP contribution >= 0.6 is 15.9 Å². The first-order valence-corrected chi connectivity index (χ1v) is 2.39. The van der Waals surface area contributed by atoms with Gasteiger partial charge in [-0.3, -0.25) is 0 Å². The number of nitrogens with zero attached hydrogens (tertiary/aromatic N) is 1. The normalized spacial score (nSPS) is 31.8. The second kappa shape index (κ2) is 1.71. The Hall–Kier alpha value is 0.110. The molecule has 1 unspecified atom stereocenters. The molecule has 32 valence electrons. The molecular formula is C3H2BrNO. The first-order chi connectivity index (χ1) is 2.89. The SMILES string of the molecule is BrC1C=N[C]O1. The zero-order chi connectivity index (χ0) is 4.41. The molecule has 2 radical (unpaired) electrons. The summed E-state index contributed by atoms with van der Waals surface area (Å²) >= 11 is 3.10. The summed E-state index contributed by atoms with van der Waals surface area (Å²) in [6.45, 7) is 2.29. The average molecular weight is 148 g/mol. The van der Waals surface area contributed by atoms with Crippen molar-refractivity contribution in [2.24, 2.45) is 4.99 Å². The highest BCUT2D eigenvalue weighted by Crippen LogP contribution is 2.06. The van der Waals surface area contributed by atoms with E-state index in [1.54, 1.807) is 6.21 Å². The molecule has 3 heteroatoms. The molecule has 1 aliphatic rings. The van der Waals surface area contributed by atoms with Crippen LogP contribution in [0.4, 0.5) is 0 Å². The van der Waals surface area contributed by atoms with Crippen LogP contribution in [0.15, 0.2) is 4.99 Å². The first kappa shape index (κ1) is 4.27. The van der Waals surface area contributed by atoms with E-state index in [1.165, 1.54) is 0 Å². The van der Waals surface area contributed by atoms with Crippen molar-refractivity contribution in [3.63, 3.8) is 0 Å². The standard InChI is InChI=1S/C3H2BrNO/c4-3-1-5-2-6-3/h1,3H. The summed E-state index contributed by atoms with van der Waals surface area (Å²) in [6, 6.07) is 0. The van der Waals surface area contributed by atoms with Gasteiger partial charge in [-0.2, -0.15) is 0 Å². The Morgan fingerprint density at radius 3 is 3.00 bits per heavy atom. The lowest BCUT2D eigenvalue weighted by Gasteiger charge is -1.86. The molecule has 1 atom stereocenters. The van der Waals surface area contributed by atoms with Gasteiger partial charge in [-0.25, -0.2) is 4.99 Å². The van der Waals surface area contributed by atoms with Crippen LogP contribution < -0.4 is 0 Å². The third-order valence-corrected chi connectivity index (χ3v) is 0.833. The summed E-state index contributed by atoms with van der Waals surface area (Å²) in [5.41, 5.74) is 0. The van der Waals surface area contributed by atoms with E-state index in [9.17, 15) is 0 Å². The number of halogens is 1. The third kappa shape index (κ3) is 0.786. The largest absolute Gasteiger partial charge is 0.324 e. The summed E-state index contributed by atoms with van der Waals surface area (Å²) in [6.07, 6.45) is 1.61. The lowest BCUT2D eigenvalue weighted by molar-refractivity contribution is 0.248. The van der Waals surface area contributed by atoms with Gasteiger partial charge < -0.3 is 4.74 Å². The minimum Gasteiger partial charge on any atom is -0.324 e. The average Bonchev–Trinajstić information content (AvgIpc) is 1.86. The van der Waals surface area contributed by atoms with E-state index in [1.807, 2.05) is 0 Å². The van der Waals surface area contributed by atoms with E-state index in [-0.39, 0.29) is 5.01 Å². The fraction of sp³-hybridized carbons (Fsp3) is 0.333. The molecule has 2 nitrogen and oxygen atoms in total. The summed E-state index contributed by atoms with van der Waals surface area (Å²) in [4.78, 5) is 3.52. The molecule has 0 spiro atoms. The van der Waals surface area contributed by atoms with Crippen LogP contribution in [-0.2, 0) is 4.74 Å². The van der Waals surface area contributed by atoms with Gasteiger partial charge in [-0.15, -0.1) is 0 Å². The lowest BCUT2D eigenvalue weighted by Crippen LogP contribution is -1.92. The van der Waals surface area contributed by atoms with Crippen molar-refractivity contribution in [3.8, 4) is 0 Å². The van der Waals surface area contributed by atoms with Gasteiger partial charge in [-0.1, -0.05) is 15.9 Å². The summed E-state index contributed by atoms with van der Waals surface area (Å²) in [5.74, 6) is 0. The molecule has 0 aromatic heterocycles. The molecule has 0 N–H and O–H groups in total. The van der Waals surface area contributed by atoms with E-state index in [2.05, 4.69) is 32.4 Å². The van der Waals surface area contributed by atoms with Crippen molar-refractivity contribution < 1.29 is 4.74 Å². The van der Waals surface area contributed by atoms with Crippen LogP contribution in [0.2, 0.25) is 0 Å². The quantitative estimate of drug-likeness (QED) is 0.465. The monoisotopic (exact) mass is 147 g/mol. The number of aliphatic imine (C=N–C) groups is 1. The fourth-order valence-electron chi connectivity index (χ4n) is 0.200. The van der Waals surface area contributed by atoms with E-state index in [0.717, 1.165) is 0 Å². The zero-order valence-electron chi connectivity index (χ0n) is 2.89. The topological polar surface area (TPSA) is 21.6 Å². The molecule has 0 amide bonds. The summed E-state index contributed by atoms with van der Waals surface area (Å²) in [5, 5.41) is -0.0440. The maximum atomic E-state index is 4.60. The second-order valence-corrected chi connectivity index (χ2v) is 1.74. The maximum absolute atomic E-state index is 4.60. The Balaban J connectivity index is 2.38. The molecule has 0 fully saturated rings. The molecule has 0 bridgehead atoms. The van der Waals surface area contributed by atoms with Gasteiger partial charge in [0.15, 0.2) is 5.01 Å². The Kier molecular flexibility index (Phi) is 1.22. The highest BCUT2D eigenvalue weighted by Gasteiger charge is 2.04. The van der Waals surface area contributed by atoms with E-state index < -0.39 is 0 Å². The zero-order valence-corrected chi connectivity index (χ0v) is 4.47. The predicted molar refractivity (Wildman–Crippen MR) is 25.5 cm³/mol. The number of hydrogen-bond acceptors (Lipinski definition) is 2. The minimum atomic E-state index is -0.0440. The molecule has 1 heterocycles. The number of hydrogen-bond donors (Lipinski definition) is 0. The van der Waals surface area contributed by atoms with Crippen LogP contribution in [-0.4, -0.2) is 11.2 Å². The molecule has 1 rings (SSSR count). The van der Waals surface area contributed by atoms with Crippen LogP contribution in [0.1, 0.15) is 0 Å². The van der Waals surface area contributed by atoms with E-state index in [4.69, 9.17) is 0 Å². The molecule has 6 heavy (non-hydrogen) atoms. The first-order valence-electron chi connectivity index (χ1n) is 1.47. The fourth-order valence-corrected chi connectivity index (χ4v) is 0.402. The predicted octanol–water partition coefficient (Wildman–Crippen LogP) is 0.805. The van der Waals surface area contributed by atoms with Crippen molar-refractivity contribution in [2.75, 3.05) is 0 Å². The minimum absolute atomic E-state index is 0.0440. The van der Waals surface area contributed by atoms with Gasteiger partial charge in [0.1, 0.15) is 0 Å². The van der Waals surface area contributed by atoms with Crippen LogP contribution in [0.5, 0.6) is 0 Å². The smallest absolute Gasteiger partial charge is 0.271 e. The Morgan fingerprint density at radius 1 is 2.00 bits per heavy atom. The Morgan fingerprint density at radius 2 is 2.83 bits per heavy atom. The van der Waals surface area contributed by atoms with Gasteiger partial charge in [0.2, 0.25) is 0 Å². The lowest BCUT2D eigenvalue weighted by atomic mass is 10.8. The Bertz CT molecular complexity index is 73.2. The van der Waals surface area contributed by atoms with E-state index in [0.29, 0.717) is 0 Å². The van der Waals surface area contributed by atoms with Gasteiger partial charge in [0.25, 0.3) is 6.73 Å². The third-order valence-electron chi connectivity index (χ3n) is 0.410. The molecule has 0 saturated heterocycles. The van der Waals surface area contributed by atoms with Crippen molar-refractivity contribution in [1.82, 2.24) is 0 Å². The summed E-state index contributed by atoms with van der Waals surface area (Å²) < 4.78 is 4.60. The molecule has 1 aliphatic heterocycles. The van der Waals surface area contributed by atoms with Crippen molar-refractivity contribution in [2.45, 2.75) is 5.01 Å². The second-order valence-electron chi connectivity index (χ2n) is 0.838. The summed E-state index contributed by atoms with van der Waals surface area (Å²) in [7, 11) is 0. The number of alkyl halides is 1. The highest BCUT2D eigenvalue weighted by molar-refractivity contribution is 9.09. The van der Waals surface area contributed by atoms with Crippen LogP contribution in [0.25, 0.3) is 0 Å². The van der Waals surface area contributed by atoms with Crippen molar-refractivity contribution >= 4 is 22.1 Å². The van der Waals surface area contributed by atoms with Crippen LogP contribution in [0, 0.1) is 6.73 Å². The maximum Gasteiger partial charge on any atom is 0.271 e. The highest BCUT2D eigenvalue weighted by atomic mass is 79.9. The number of rotatable bonds is 0. The molecule has 0 aromatic carbocycles. The van der Waals surface area contributed by atoms with E-state index >= 15 is 0 Å². The molecule has 0 aliphatic carbocycles. The van der Waals surface area contributed by atoms with Crippen molar-refractivity contribution in [3.05, 3.63) is 6.73 Å².